The molecule has 1 heterocycles. The van der Waals surface area contributed by atoms with Crippen LogP contribution in [0.5, 0.6) is 5.75 Å². The van der Waals surface area contributed by atoms with E-state index in [0.29, 0.717) is 6.42 Å². The molecule has 0 bridgehead atoms. The Balaban J connectivity index is 1.33. The molecule has 0 saturated heterocycles. The molecular weight excluding hydrogens is 328 g/mol. The standard InChI is InChI=1S/C21H22N2O3/c1-13-10-16-12-18(8-9-19(16)26-13)22-20(24)11-14-2-6-17(7-3-14)23-21(25)15-4-5-15/h2-3,6-9,12-13,15H,4-5,10-11H2,1H3,(H,22,24)(H,23,25). The summed E-state index contributed by atoms with van der Waals surface area (Å²) < 4.78 is 5.68. The van der Waals surface area contributed by atoms with Gasteiger partial charge in [-0.15, -0.1) is 0 Å². The lowest BCUT2D eigenvalue weighted by Crippen LogP contribution is -2.15. The van der Waals surface area contributed by atoms with Crippen LogP contribution in [0.15, 0.2) is 42.5 Å². The van der Waals surface area contributed by atoms with Gasteiger partial charge in [0.25, 0.3) is 0 Å². The molecule has 1 aliphatic heterocycles. The number of benzene rings is 2. The molecule has 0 radical (unpaired) electrons. The fourth-order valence-corrected chi connectivity index (χ4v) is 3.19. The summed E-state index contributed by atoms with van der Waals surface area (Å²) in [5.41, 5.74) is 3.61. The molecule has 0 aromatic heterocycles. The normalized spacial score (nSPS) is 18.0. The van der Waals surface area contributed by atoms with E-state index in [4.69, 9.17) is 4.74 Å². The van der Waals surface area contributed by atoms with Gasteiger partial charge in [-0.2, -0.15) is 0 Å². The summed E-state index contributed by atoms with van der Waals surface area (Å²) in [4.78, 5) is 24.1. The van der Waals surface area contributed by atoms with E-state index < -0.39 is 0 Å². The van der Waals surface area contributed by atoms with Gasteiger partial charge in [0.05, 0.1) is 6.42 Å². The second-order valence-electron chi connectivity index (χ2n) is 7.14. The van der Waals surface area contributed by atoms with Gasteiger partial charge >= 0.3 is 0 Å². The Bertz CT molecular complexity index is 841. The van der Waals surface area contributed by atoms with Crippen LogP contribution >= 0.6 is 0 Å². The number of fused-ring (bicyclic) bond motifs is 1. The van der Waals surface area contributed by atoms with E-state index in [1.807, 2.05) is 49.4 Å². The molecular formula is C21H22N2O3. The van der Waals surface area contributed by atoms with Crippen molar-refractivity contribution in [3.63, 3.8) is 0 Å². The van der Waals surface area contributed by atoms with Crippen LogP contribution in [0.2, 0.25) is 0 Å². The first kappa shape index (κ1) is 16.6. The lowest BCUT2D eigenvalue weighted by molar-refractivity contribution is -0.117. The van der Waals surface area contributed by atoms with Crippen LogP contribution in [0.1, 0.15) is 30.9 Å². The zero-order chi connectivity index (χ0) is 18.1. The smallest absolute Gasteiger partial charge is 0.228 e. The number of hydrogen-bond acceptors (Lipinski definition) is 3. The van der Waals surface area contributed by atoms with Crippen LogP contribution in [-0.4, -0.2) is 17.9 Å². The maximum absolute atomic E-state index is 12.3. The molecule has 2 N–H and O–H groups in total. The Kier molecular flexibility index (Phi) is 4.37. The number of carbonyl (C=O) groups excluding carboxylic acids is 2. The number of ether oxygens (including phenoxy) is 1. The minimum atomic E-state index is -0.0633. The van der Waals surface area contributed by atoms with Gasteiger partial charge in [-0.05, 0) is 61.2 Å². The van der Waals surface area contributed by atoms with Crippen LogP contribution in [0.3, 0.4) is 0 Å². The molecule has 1 saturated carbocycles. The average molecular weight is 350 g/mol. The van der Waals surface area contributed by atoms with Gasteiger partial charge in [-0.3, -0.25) is 9.59 Å². The lowest BCUT2D eigenvalue weighted by Gasteiger charge is -2.08. The largest absolute Gasteiger partial charge is 0.490 e. The molecule has 4 rings (SSSR count). The highest BCUT2D eigenvalue weighted by Crippen LogP contribution is 2.31. The predicted octanol–water partition coefficient (Wildman–Crippen LogP) is 3.54. The van der Waals surface area contributed by atoms with Gasteiger partial charge in [0.1, 0.15) is 11.9 Å². The van der Waals surface area contributed by atoms with Crippen molar-refractivity contribution in [3.8, 4) is 5.75 Å². The number of amides is 2. The molecule has 2 aliphatic rings. The number of nitrogens with one attached hydrogen (secondary N) is 2. The lowest BCUT2D eigenvalue weighted by atomic mass is 10.1. The van der Waals surface area contributed by atoms with E-state index in [1.54, 1.807) is 0 Å². The monoisotopic (exact) mass is 350 g/mol. The van der Waals surface area contributed by atoms with Gasteiger partial charge in [-0.1, -0.05) is 12.1 Å². The third-order valence-electron chi connectivity index (χ3n) is 4.71. The molecule has 5 heteroatoms. The van der Waals surface area contributed by atoms with E-state index in [0.717, 1.165) is 47.5 Å². The second kappa shape index (κ2) is 6.83. The van der Waals surface area contributed by atoms with E-state index in [2.05, 4.69) is 10.6 Å². The Morgan fingerprint density at radius 1 is 1.04 bits per heavy atom. The van der Waals surface area contributed by atoms with Crippen LogP contribution in [-0.2, 0) is 22.4 Å². The Morgan fingerprint density at radius 3 is 2.50 bits per heavy atom. The molecule has 2 amide bonds. The molecule has 1 unspecified atom stereocenters. The van der Waals surface area contributed by atoms with Gasteiger partial charge in [-0.25, -0.2) is 0 Å². The molecule has 2 aromatic rings. The first-order valence-electron chi connectivity index (χ1n) is 9.06. The summed E-state index contributed by atoms with van der Waals surface area (Å²) in [6.45, 7) is 2.04. The highest BCUT2D eigenvalue weighted by Gasteiger charge is 2.29. The maximum atomic E-state index is 12.3. The van der Waals surface area contributed by atoms with Crippen molar-refractivity contribution in [2.45, 2.75) is 38.7 Å². The van der Waals surface area contributed by atoms with Crippen LogP contribution in [0, 0.1) is 5.92 Å². The van der Waals surface area contributed by atoms with Crippen molar-refractivity contribution in [2.75, 3.05) is 10.6 Å². The zero-order valence-electron chi connectivity index (χ0n) is 14.7. The predicted molar refractivity (Wildman–Crippen MR) is 100 cm³/mol. The van der Waals surface area contributed by atoms with Gasteiger partial charge in [0, 0.05) is 23.7 Å². The summed E-state index contributed by atoms with van der Waals surface area (Å²) in [7, 11) is 0. The van der Waals surface area contributed by atoms with Crippen LogP contribution < -0.4 is 15.4 Å². The minimum Gasteiger partial charge on any atom is -0.490 e. The maximum Gasteiger partial charge on any atom is 0.228 e. The minimum absolute atomic E-state index is 0.0633. The SMILES string of the molecule is CC1Cc2cc(NC(=O)Cc3ccc(NC(=O)C4CC4)cc3)ccc2O1. The number of rotatable bonds is 5. The summed E-state index contributed by atoms with van der Waals surface area (Å²) in [6, 6.07) is 13.2. The van der Waals surface area contributed by atoms with Crippen LogP contribution in [0.25, 0.3) is 0 Å². The number of carbonyl (C=O) groups is 2. The molecule has 1 atom stereocenters. The first-order valence-corrected chi connectivity index (χ1v) is 9.06. The fourth-order valence-electron chi connectivity index (χ4n) is 3.19. The molecule has 1 fully saturated rings. The van der Waals surface area contributed by atoms with Crippen molar-refractivity contribution in [2.24, 2.45) is 5.92 Å². The van der Waals surface area contributed by atoms with Crippen molar-refractivity contribution >= 4 is 23.2 Å². The highest BCUT2D eigenvalue weighted by molar-refractivity contribution is 5.94. The third kappa shape index (κ3) is 3.87. The highest BCUT2D eigenvalue weighted by atomic mass is 16.5. The number of hydrogen-bond donors (Lipinski definition) is 2. The summed E-state index contributed by atoms with van der Waals surface area (Å²) in [5.74, 6) is 1.11. The van der Waals surface area contributed by atoms with E-state index in [1.165, 1.54) is 0 Å². The quantitative estimate of drug-likeness (QED) is 0.867. The summed E-state index contributed by atoms with van der Waals surface area (Å²) in [6.07, 6.45) is 3.32. The topological polar surface area (TPSA) is 67.4 Å². The Morgan fingerprint density at radius 2 is 1.77 bits per heavy atom. The van der Waals surface area contributed by atoms with Crippen molar-refractivity contribution < 1.29 is 14.3 Å². The Labute approximate surface area is 152 Å². The summed E-state index contributed by atoms with van der Waals surface area (Å²) >= 11 is 0. The van der Waals surface area contributed by atoms with Crippen LogP contribution in [0.4, 0.5) is 11.4 Å². The van der Waals surface area contributed by atoms with Gasteiger partial charge in [0.2, 0.25) is 11.8 Å². The van der Waals surface area contributed by atoms with Gasteiger partial charge in [0.15, 0.2) is 0 Å². The molecule has 5 nitrogen and oxygen atoms in total. The molecule has 1 aliphatic carbocycles. The van der Waals surface area contributed by atoms with E-state index in [-0.39, 0.29) is 23.8 Å². The molecule has 0 spiro atoms. The summed E-state index contributed by atoms with van der Waals surface area (Å²) in [5, 5.41) is 5.84. The van der Waals surface area contributed by atoms with Crippen molar-refractivity contribution in [1.82, 2.24) is 0 Å². The van der Waals surface area contributed by atoms with Gasteiger partial charge < -0.3 is 15.4 Å². The fraction of sp³-hybridized carbons (Fsp3) is 0.333. The molecule has 26 heavy (non-hydrogen) atoms. The Hall–Kier alpha value is -2.82. The first-order chi connectivity index (χ1) is 12.6. The van der Waals surface area contributed by atoms with Crippen molar-refractivity contribution in [3.05, 3.63) is 53.6 Å². The molecule has 2 aromatic carbocycles. The third-order valence-corrected chi connectivity index (χ3v) is 4.71. The molecule has 134 valence electrons. The zero-order valence-corrected chi connectivity index (χ0v) is 14.7. The average Bonchev–Trinajstić information content (AvgIpc) is 3.38. The van der Waals surface area contributed by atoms with E-state index in [9.17, 15) is 9.59 Å². The van der Waals surface area contributed by atoms with Crippen molar-refractivity contribution in [1.29, 1.82) is 0 Å². The second-order valence-corrected chi connectivity index (χ2v) is 7.14. The van der Waals surface area contributed by atoms with E-state index >= 15 is 0 Å². The number of anilines is 2.